The predicted molar refractivity (Wildman–Crippen MR) is 76.7 cm³/mol. The van der Waals surface area contributed by atoms with E-state index in [1.165, 1.54) is 23.1 Å². The summed E-state index contributed by atoms with van der Waals surface area (Å²) in [6.07, 6.45) is 2.36. The normalized spacial score (nSPS) is 25.4. The third-order valence-electron chi connectivity index (χ3n) is 3.69. The maximum absolute atomic E-state index is 12.4. The number of carbonyl (C=O) groups excluding carboxylic acids is 2. The molecule has 0 aliphatic carbocycles. The molecule has 0 aromatic carbocycles. The topological polar surface area (TPSA) is 75.2 Å². The molecule has 1 N–H and O–H groups in total. The molecule has 1 aromatic heterocycles. The Kier molecular flexibility index (Phi) is 3.93. The molecule has 6 nitrogen and oxygen atoms in total. The van der Waals surface area contributed by atoms with Crippen molar-refractivity contribution >= 4 is 34.9 Å². The highest BCUT2D eigenvalue weighted by molar-refractivity contribution is 8.01. The number of hydrogen-bond acceptors (Lipinski definition) is 6. The monoisotopic (exact) mass is 312 g/mol. The molecule has 0 spiro atoms. The van der Waals surface area contributed by atoms with Gasteiger partial charge in [0.2, 0.25) is 11.8 Å². The van der Waals surface area contributed by atoms with Gasteiger partial charge in [0.15, 0.2) is 4.34 Å². The lowest BCUT2D eigenvalue weighted by Crippen LogP contribution is -2.43. The number of hydrogen-bond donors (Lipinski definition) is 1. The van der Waals surface area contributed by atoms with E-state index in [1.807, 2.05) is 11.8 Å². The van der Waals surface area contributed by atoms with Gasteiger partial charge in [-0.05, 0) is 19.8 Å². The molecule has 2 amide bonds. The number of aromatic nitrogens is 2. The standard InChI is InChI=1S/C12H16N4O2S2/c1-7-14-15-12(20-7)19-6-11(18)16-8-2-3-9(16)5-13-10(17)4-8/h8-9H,2-6H2,1H3,(H,13,17). The number of nitrogens with one attached hydrogen (secondary N) is 1. The van der Waals surface area contributed by atoms with Gasteiger partial charge in [-0.15, -0.1) is 10.2 Å². The molecule has 2 aliphatic heterocycles. The Balaban J connectivity index is 1.63. The minimum absolute atomic E-state index is 0.0578. The van der Waals surface area contributed by atoms with Gasteiger partial charge in [-0.25, -0.2) is 0 Å². The number of aryl methyl sites for hydroxylation is 1. The molecule has 0 radical (unpaired) electrons. The molecular formula is C12H16N4O2S2. The fraction of sp³-hybridized carbons (Fsp3) is 0.667. The van der Waals surface area contributed by atoms with Crippen molar-refractivity contribution in [3.63, 3.8) is 0 Å². The average Bonchev–Trinajstić information content (AvgIpc) is 2.94. The fourth-order valence-electron chi connectivity index (χ4n) is 2.82. The van der Waals surface area contributed by atoms with Gasteiger partial charge in [-0.2, -0.15) is 0 Å². The second kappa shape index (κ2) is 5.69. The maximum Gasteiger partial charge on any atom is 0.233 e. The quantitative estimate of drug-likeness (QED) is 0.836. The van der Waals surface area contributed by atoms with Crippen LogP contribution in [0.2, 0.25) is 0 Å². The zero-order chi connectivity index (χ0) is 14.1. The molecule has 2 aliphatic rings. The molecule has 0 saturated carbocycles. The van der Waals surface area contributed by atoms with Gasteiger partial charge in [-0.3, -0.25) is 9.59 Å². The fourth-order valence-corrected chi connectivity index (χ4v) is 4.51. The first-order chi connectivity index (χ1) is 9.63. The zero-order valence-corrected chi connectivity index (χ0v) is 12.8. The molecule has 3 rings (SSSR count). The van der Waals surface area contributed by atoms with E-state index in [1.54, 1.807) is 0 Å². The first kappa shape index (κ1) is 13.8. The van der Waals surface area contributed by atoms with Gasteiger partial charge >= 0.3 is 0 Å². The second-order valence-corrected chi connectivity index (χ2v) is 7.47. The van der Waals surface area contributed by atoms with Crippen molar-refractivity contribution in [1.29, 1.82) is 0 Å². The van der Waals surface area contributed by atoms with Crippen molar-refractivity contribution in [2.45, 2.75) is 42.6 Å². The van der Waals surface area contributed by atoms with Crippen molar-refractivity contribution in [3.05, 3.63) is 5.01 Å². The van der Waals surface area contributed by atoms with E-state index in [2.05, 4.69) is 15.5 Å². The number of amides is 2. The highest BCUT2D eigenvalue weighted by Gasteiger charge is 2.39. The van der Waals surface area contributed by atoms with Crippen LogP contribution in [0.15, 0.2) is 4.34 Å². The Morgan fingerprint density at radius 2 is 2.25 bits per heavy atom. The van der Waals surface area contributed by atoms with Crippen LogP contribution in [0.5, 0.6) is 0 Å². The molecule has 2 fully saturated rings. The average molecular weight is 312 g/mol. The van der Waals surface area contributed by atoms with Crippen molar-refractivity contribution in [2.24, 2.45) is 0 Å². The largest absolute Gasteiger partial charge is 0.354 e. The summed E-state index contributed by atoms with van der Waals surface area (Å²) in [5, 5.41) is 11.7. The SMILES string of the molecule is Cc1nnc(SCC(=O)N2C3CCC2CC(=O)NC3)s1. The molecule has 2 atom stereocenters. The van der Waals surface area contributed by atoms with Crippen molar-refractivity contribution in [1.82, 2.24) is 20.4 Å². The number of carbonyl (C=O) groups is 2. The van der Waals surface area contributed by atoms with Crippen LogP contribution in [-0.2, 0) is 9.59 Å². The summed E-state index contributed by atoms with van der Waals surface area (Å²) >= 11 is 2.93. The van der Waals surface area contributed by atoms with E-state index >= 15 is 0 Å². The summed E-state index contributed by atoms with van der Waals surface area (Å²) in [5.41, 5.74) is 0. The van der Waals surface area contributed by atoms with E-state index in [9.17, 15) is 9.59 Å². The van der Waals surface area contributed by atoms with Gasteiger partial charge in [0.1, 0.15) is 5.01 Å². The van der Waals surface area contributed by atoms with Crippen LogP contribution in [-0.4, -0.2) is 51.3 Å². The van der Waals surface area contributed by atoms with Crippen LogP contribution < -0.4 is 5.32 Å². The smallest absolute Gasteiger partial charge is 0.233 e. The third-order valence-corrected chi connectivity index (χ3v) is 5.65. The highest BCUT2D eigenvalue weighted by Crippen LogP contribution is 2.30. The summed E-state index contributed by atoms with van der Waals surface area (Å²) < 4.78 is 0.826. The summed E-state index contributed by atoms with van der Waals surface area (Å²) in [4.78, 5) is 25.9. The molecule has 2 unspecified atom stereocenters. The van der Waals surface area contributed by atoms with Gasteiger partial charge in [0.25, 0.3) is 0 Å². The summed E-state index contributed by atoms with van der Waals surface area (Å²) in [6.45, 7) is 2.49. The summed E-state index contributed by atoms with van der Waals surface area (Å²) in [5.74, 6) is 0.532. The van der Waals surface area contributed by atoms with Crippen LogP contribution >= 0.6 is 23.1 Å². The van der Waals surface area contributed by atoms with Crippen molar-refractivity contribution in [3.8, 4) is 0 Å². The third kappa shape index (κ3) is 2.80. The van der Waals surface area contributed by atoms with Crippen molar-refractivity contribution < 1.29 is 9.59 Å². The van der Waals surface area contributed by atoms with Crippen LogP contribution in [0.4, 0.5) is 0 Å². The molecule has 2 saturated heterocycles. The molecule has 3 heterocycles. The van der Waals surface area contributed by atoms with Crippen LogP contribution in [0, 0.1) is 6.92 Å². The summed E-state index contributed by atoms with van der Waals surface area (Å²) in [7, 11) is 0. The maximum atomic E-state index is 12.4. The minimum Gasteiger partial charge on any atom is -0.354 e. The molecule has 108 valence electrons. The van der Waals surface area contributed by atoms with Crippen molar-refractivity contribution in [2.75, 3.05) is 12.3 Å². The first-order valence-corrected chi connectivity index (χ1v) is 8.44. The molecular weight excluding hydrogens is 296 g/mol. The van der Waals surface area contributed by atoms with Gasteiger partial charge in [0.05, 0.1) is 5.75 Å². The predicted octanol–water partition coefficient (Wildman–Crippen LogP) is 0.818. The number of fused-ring (bicyclic) bond motifs is 2. The lowest BCUT2D eigenvalue weighted by molar-refractivity contribution is -0.131. The minimum atomic E-state index is 0.0578. The van der Waals surface area contributed by atoms with E-state index in [0.29, 0.717) is 18.7 Å². The van der Waals surface area contributed by atoms with E-state index in [-0.39, 0.29) is 23.9 Å². The number of nitrogens with zero attached hydrogens (tertiary/aromatic N) is 3. The van der Waals surface area contributed by atoms with Crippen LogP contribution in [0.1, 0.15) is 24.3 Å². The Bertz CT molecular complexity index is 533. The number of rotatable bonds is 3. The first-order valence-electron chi connectivity index (χ1n) is 6.64. The second-order valence-electron chi connectivity index (χ2n) is 5.07. The summed E-state index contributed by atoms with van der Waals surface area (Å²) in [6, 6.07) is 0.238. The van der Waals surface area contributed by atoms with E-state index < -0.39 is 0 Å². The molecule has 1 aromatic rings. The lowest BCUT2D eigenvalue weighted by atomic mass is 10.1. The Morgan fingerprint density at radius 1 is 1.45 bits per heavy atom. The lowest BCUT2D eigenvalue weighted by Gasteiger charge is -2.27. The molecule has 2 bridgehead atoms. The Hall–Kier alpha value is -1.15. The van der Waals surface area contributed by atoms with Gasteiger partial charge < -0.3 is 10.2 Å². The molecule has 20 heavy (non-hydrogen) atoms. The van der Waals surface area contributed by atoms with Crippen LogP contribution in [0.25, 0.3) is 0 Å². The molecule has 8 heteroatoms. The van der Waals surface area contributed by atoms with Gasteiger partial charge in [-0.1, -0.05) is 23.1 Å². The van der Waals surface area contributed by atoms with E-state index in [0.717, 1.165) is 22.2 Å². The van der Waals surface area contributed by atoms with Gasteiger partial charge in [0, 0.05) is 25.0 Å². The van der Waals surface area contributed by atoms with Crippen LogP contribution in [0.3, 0.4) is 0 Å². The number of thioether (sulfide) groups is 1. The Labute approximate surface area is 125 Å². The highest BCUT2D eigenvalue weighted by atomic mass is 32.2. The Morgan fingerprint density at radius 3 is 3.00 bits per heavy atom. The zero-order valence-electron chi connectivity index (χ0n) is 11.2. The van der Waals surface area contributed by atoms with E-state index in [4.69, 9.17) is 0 Å².